The van der Waals surface area contributed by atoms with Gasteiger partial charge < -0.3 is 9.67 Å². The molecule has 0 bridgehead atoms. The zero-order chi connectivity index (χ0) is 15.1. The number of aliphatic hydroxyl groups is 1. The molecule has 4 rings (SSSR count). The second kappa shape index (κ2) is 5.51. The predicted octanol–water partition coefficient (Wildman–Crippen LogP) is 3.92. The highest BCUT2D eigenvalue weighted by Crippen LogP contribution is 2.43. The molecule has 2 atom stereocenters. The molecule has 1 fully saturated rings. The van der Waals surface area contributed by atoms with Gasteiger partial charge >= 0.3 is 0 Å². The van der Waals surface area contributed by atoms with E-state index in [1.54, 1.807) is 18.6 Å². The molecular formula is C18H21FN2O. The Morgan fingerprint density at radius 2 is 2.09 bits per heavy atom. The fraction of sp³-hybridized carbons (Fsp3) is 0.500. The number of aliphatic hydroxyl groups excluding tert-OH is 1. The lowest BCUT2D eigenvalue weighted by atomic mass is 9.82. The Bertz CT molecular complexity index is 675. The molecule has 2 aliphatic rings. The Labute approximate surface area is 129 Å². The lowest BCUT2D eigenvalue weighted by Crippen LogP contribution is -2.26. The Morgan fingerprint density at radius 1 is 1.27 bits per heavy atom. The standard InChI is InChI=1S/C18H21FN2O/c19-14-8-4-7-13-15(21-11-20-10-16(21)18(13)14)9-17(22)12-5-2-1-3-6-12/h4,7-8,10-12,15,17,22H,1-3,5-6,9H2/t15-,17+/m0/s1. The Balaban J connectivity index is 1.64. The molecule has 4 heteroatoms. The molecule has 0 radical (unpaired) electrons. The largest absolute Gasteiger partial charge is 0.393 e. The van der Waals surface area contributed by atoms with Gasteiger partial charge in [-0.3, -0.25) is 0 Å². The van der Waals surface area contributed by atoms with Gasteiger partial charge in [0, 0.05) is 5.56 Å². The van der Waals surface area contributed by atoms with Crippen molar-refractivity contribution in [1.29, 1.82) is 0 Å². The summed E-state index contributed by atoms with van der Waals surface area (Å²) in [4.78, 5) is 4.17. The third-order valence-electron chi connectivity index (χ3n) is 5.32. The molecule has 2 aromatic rings. The first-order valence-corrected chi connectivity index (χ1v) is 8.24. The Morgan fingerprint density at radius 3 is 2.91 bits per heavy atom. The average molecular weight is 300 g/mol. The highest BCUT2D eigenvalue weighted by atomic mass is 19.1. The van der Waals surface area contributed by atoms with Gasteiger partial charge in [0.1, 0.15) is 5.82 Å². The molecule has 0 unspecified atom stereocenters. The molecule has 1 aliphatic heterocycles. The van der Waals surface area contributed by atoms with Crippen molar-refractivity contribution in [3.63, 3.8) is 0 Å². The summed E-state index contributed by atoms with van der Waals surface area (Å²) in [5, 5.41) is 10.7. The summed E-state index contributed by atoms with van der Waals surface area (Å²) in [5.74, 6) is 0.187. The number of hydrogen-bond donors (Lipinski definition) is 1. The van der Waals surface area contributed by atoms with Gasteiger partial charge in [0.15, 0.2) is 0 Å². The van der Waals surface area contributed by atoms with E-state index < -0.39 is 0 Å². The maximum atomic E-state index is 14.2. The molecule has 1 saturated carbocycles. The van der Waals surface area contributed by atoms with E-state index in [1.165, 1.54) is 25.3 Å². The zero-order valence-electron chi connectivity index (χ0n) is 12.6. The number of aromatic nitrogens is 2. The van der Waals surface area contributed by atoms with E-state index >= 15 is 0 Å². The summed E-state index contributed by atoms with van der Waals surface area (Å²) in [6.07, 6.45) is 9.73. The van der Waals surface area contributed by atoms with Crippen molar-refractivity contribution in [3.8, 4) is 11.3 Å². The smallest absolute Gasteiger partial charge is 0.132 e. The molecule has 1 N–H and O–H groups in total. The van der Waals surface area contributed by atoms with E-state index in [0.29, 0.717) is 17.9 Å². The van der Waals surface area contributed by atoms with Crippen molar-refractivity contribution in [2.75, 3.05) is 0 Å². The second-order valence-corrected chi connectivity index (χ2v) is 6.61. The van der Waals surface area contributed by atoms with Gasteiger partial charge in [0.05, 0.1) is 30.4 Å². The predicted molar refractivity (Wildman–Crippen MR) is 83.0 cm³/mol. The van der Waals surface area contributed by atoms with Gasteiger partial charge in [-0.1, -0.05) is 31.4 Å². The molecule has 2 heterocycles. The molecule has 0 spiro atoms. The van der Waals surface area contributed by atoms with Crippen molar-refractivity contribution in [2.24, 2.45) is 5.92 Å². The van der Waals surface area contributed by atoms with Crippen molar-refractivity contribution >= 4 is 0 Å². The van der Waals surface area contributed by atoms with Crippen LogP contribution in [0.15, 0.2) is 30.7 Å². The number of imidazole rings is 1. The van der Waals surface area contributed by atoms with Gasteiger partial charge in [-0.05, 0) is 36.8 Å². The number of nitrogens with zero attached hydrogens (tertiary/aromatic N) is 2. The van der Waals surface area contributed by atoms with Crippen LogP contribution in [0.25, 0.3) is 11.3 Å². The molecule has 1 aliphatic carbocycles. The van der Waals surface area contributed by atoms with Crippen LogP contribution >= 0.6 is 0 Å². The molecule has 116 valence electrons. The summed E-state index contributed by atoms with van der Waals surface area (Å²) in [5.41, 5.74) is 2.46. The molecule has 0 amide bonds. The maximum absolute atomic E-state index is 14.2. The monoisotopic (exact) mass is 300 g/mol. The fourth-order valence-corrected chi connectivity index (χ4v) is 4.17. The summed E-state index contributed by atoms with van der Waals surface area (Å²) in [6, 6.07) is 5.23. The average Bonchev–Trinajstić information content (AvgIpc) is 3.11. The van der Waals surface area contributed by atoms with Crippen LogP contribution in [0.3, 0.4) is 0 Å². The van der Waals surface area contributed by atoms with E-state index in [2.05, 4.69) is 4.98 Å². The molecule has 1 aromatic carbocycles. The van der Waals surface area contributed by atoms with Gasteiger partial charge in [0.2, 0.25) is 0 Å². The minimum absolute atomic E-state index is 0.000117. The minimum Gasteiger partial charge on any atom is -0.393 e. The summed E-state index contributed by atoms with van der Waals surface area (Å²) in [6.45, 7) is 0. The fourth-order valence-electron chi connectivity index (χ4n) is 4.17. The molecule has 0 saturated heterocycles. The van der Waals surface area contributed by atoms with E-state index in [1.807, 2.05) is 10.6 Å². The number of halogens is 1. The van der Waals surface area contributed by atoms with Gasteiger partial charge in [0.25, 0.3) is 0 Å². The molecule has 3 nitrogen and oxygen atoms in total. The van der Waals surface area contributed by atoms with Gasteiger partial charge in [-0.2, -0.15) is 0 Å². The minimum atomic E-state index is -0.324. The zero-order valence-corrected chi connectivity index (χ0v) is 12.6. The summed E-state index contributed by atoms with van der Waals surface area (Å²) < 4.78 is 16.2. The number of hydrogen-bond acceptors (Lipinski definition) is 2. The summed E-state index contributed by atoms with van der Waals surface area (Å²) >= 11 is 0. The van der Waals surface area contributed by atoms with Crippen molar-refractivity contribution in [2.45, 2.75) is 50.7 Å². The Kier molecular flexibility index (Phi) is 3.49. The quantitative estimate of drug-likeness (QED) is 0.933. The van der Waals surface area contributed by atoms with Crippen molar-refractivity contribution in [3.05, 3.63) is 42.1 Å². The van der Waals surface area contributed by atoms with E-state index in [0.717, 1.165) is 24.1 Å². The first-order valence-electron chi connectivity index (χ1n) is 8.24. The first-order chi connectivity index (χ1) is 10.8. The number of fused-ring (bicyclic) bond motifs is 3. The highest BCUT2D eigenvalue weighted by molar-refractivity contribution is 5.69. The van der Waals surface area contributed by atoms with E-state index in [9.17, 15) is 9.50 Å². The van der Waals surface area contributed by atoms with Crippen LogP contribution in [-0.4, -0.2) is 20.8 Å². The van der Waals surface area contributed by atoms with Crippen LogP contribution in [0.4, 0.5) is 4.39 Å². The lowest BCUT2D eigenvalue weighted by molar-refractivity contribution is 0.0686. The third-order valence-corrected chi connectivity index (χ3v) is 5.32. The van der Waals surface area contributed by atoms with E-state index in [4.69, 9.17) is 0 Å². The van der Waals surface area contributed by atoms with E-state index in [-0.39, 0.29) is 18.0 Å². The highest BCUT2D eigenvalue weighted by Gasteiger charge is 2.34. The van der Waals surface area contributed by atoms with Crippen LogP contribution in [0, 0.1) is 11.7 Å². The molecule has 22 heavy (non-hydrogen) atoms. The lowest BCUT2D eigenvalue weighted by Gasteiger charge is -2.29. The van der Waals surface area contributed by atoms with Crippen molar-refractivity contribution < 1.29 is 9.50 Å². The SMILES string of the molecule is O[C@H](C[C@H]1c2cccc(F)c2-c2cncn21)C1CCCCC1. The molecular weight excluding hydrogens is 279 g/mol. The van der Waals surface area contributed by atoms with Crippen LogP contribution in [0.1, 0.15) is 50.1 Å². The van der Waals surface area contributed by atoms with Gasteiger partial charge in [-0.15, -0.1) is 0 Å². The second-order valence-electron chi connectivity index (χ2n) is 6.61. The molecule has 1 aromatic heterocycles. The summed E-state index contributed by atoms with van der Waals surface area (Å²) in [7, 11) is 0. The van der Waals surface area contributed by atoms with Crippen LogP contribution in [0.2, 0.25) is 0 Å². The third kappa shape index (κ3) is 2.17. The van der Waals surface area contributed by atoms with Crippen LogP contribution < -0.4 is 0 Å². The normalized spacial score (nSPS) is 22.4. The number of rotatable bonds is 3. The van der Waals surface area contributed by atoms with Crippen LogP contribution in [0.5, 0.6) is 0 Å². The Hall–Kier alpha value is -1.68. The first kappa shape index (κ1) is 13.9. The van der Waals surface area contributed by atoms with Crippen LogP contribution in [-0.2, 0) is 0 Å². The maximum Gasteiger partial charge on any atom is 0.132 e. The van der Waals surface area contributed by atoms with Crippen molar-refractivity contribution in [1.82, 2.24) is 9.55 Å². The topological polar surface area (TPSA) is 38.1 Å². The van der Waals surface area contributed by atoms with Gasteiger partial charge in [-0.25, -0.2) is 9.37 Å². The number of benzene rings is 1.